The number of carbonyl (C=O) groups is 1. The van der Waals surface area contributed by atoms with Crippen molar-refractivity contribution in [1.29, 1.82) is 0 Å². The molecule has 1 aliphatic rings. The van der Waals surface area contributed by atoms with E-state index in [0.29, 0.717) is 30.2 Å². The van der Waals surface area contributed by atoms with Gasteiger partial charge >= 0.3 is 0 Å². The fourth-order valence-electron chi connectivity index (χ4n) is 2.76. The van der Waals surface area contributed by atoms with Crippen molar-refractivity contribution in [3.05, 3.63) is 46.7 Å². The number of aryl methyl sites for hydroxylation is 1. The molecule has 3 rings (SSSR count). The molecule has 116 valence electrons. The molecule has 0 bridgehead atoms. The van der Waals surface area contributed by atoms with E-state index < -0.39 is 6.10 Å². The number of likely N-dealkylation sites (tertiary alicyclic amines) is 1. The maximum absolute atomic E-state index is 12.6. The van der Waals surface area contributed by atoms with Gasteiger partial charge < -0.3 is 10.0 Å². The van der Waals surface area contributed by atoms with E-state index in [0.717, 1.165) is 5.56 Å². The highest BCUT2D eigenvalue weighted by molar-refractivity contribution is 6.30. The molecule has 0 aliphatic carbocycles. The summed E-state index contributed by atoms with van der Waals surface area (Å²) in [6, 6.07) is 6.82. The highest BCUT2D eigenvalue weighted by atomic mass is 35.5. The number of halogens is 1. The van der Waals surface area contributed by atoms with E-state index in [1.54, 1.807) is 27.9 Å². The second-order valence-corrected chi connectivity index (χ2v) is 5.75. The minimum absolute atomic E-state index is 0.212. The standard InChI is InChI=1S/C15H17ClN4O2/c1-2-19-9-12(17-18-19)15(22)20-8-7-13(21)14(20)10-3-5-11(16)6-4-10/h3-6,9,13-14,21H,2,7-8H2,1H3/t13-,14-/m1/s1. The third-order valence-electron chi connectivity index (χ3n) is 3.92. The van der Waals surface area contributed by atoms with E-state index >= 15 is 0 Å². The lowest BCUT2D eigenvalue weighted by molar-refractivity contribution is 0.0632. The van der Waals surface area contributed by atoms with Crippen molar-refractivity contribution in [2.24, 2.45) is 0 Å². The van der Waals surface area contributed by atoms with E-state index in [1.807, 2.05) is 19.1 Å². The average molecular weight is 321 g/mol. The number of hydrogen-bond acceptors (Lipinski definition) is 4. The van der Waals surface area contributed by atoms with Crippen LogP contribution >= 0.6 is 11.6 Å². The van der Waals surface area contributed by atoms with Crippen molar-refractivity contribution in [2.75, 3.05) is 6.54 Å². The van der Waals surface area contributed by atoms with Gasteiger partial charge in [0.2, 0.25) is 0 Å². The molecule has 2 aromatic rings. The van der Waals surface area contributed by atoms with E-state index in [4.69, 9.17) is 11.6 Å². The Bertz CT molecular complexity index is 670. The Balaban J connectivity index is 1.88. The minimum Gasteiger partial charge on any atom is -0.391 e. The van der Waals surface area contributed by atoms with E-state index in [9.17, 15) is 9.90 Å². The first-order chi connectivity index (χ1) is 10.6. The van der Waals surface area contributed by atoms with Gasteiger partial charge in [0.05, 0.1) is 18.3 Å². The van der Waals surface area contributed by atoms with Crippen LogP contribution in [0.4, 0.5) is 0 Å². The summed E-state index contributed by atoms with van der Waals surface area (Å²) < 4.78 is 1.61. The summed E-state index contributed by atoms with van der Waals surface area (Å²) in [6.45, 7) is 3.08. The number of aliphatic hydroxyl groups is 1. The number of benzene rings is 1. The van der Waals surface area contributed by atoms with Crippen molar-refractivity contribution >= 4 is 17.5 Å². The van der Waals surface area contributed by atoms with Gasteiger partial charge in [-0.15, -0.1) is 5.10 Å². The second-order valence-electron chi connectivity index (χ2n) is 5.31. The topological polar surface area (TPSA) is 71.2 Å². The van der Waals surface area contributed by atoms with Gasteiger partial charge in [0, 0.05) is 18.1 Å². The van der Waals surface area contributed by atoms with Gasteiger partial charge in [-0.25, -0.2) is 0 Å². The van der Waals surface area contributed by atoms with Gasteiger partial charge in [-0.3, -0.25) is 9.48 Å². The maximum atomic E-state index is 12.6. The molecule has 0 saturated carbocycles. The minimum atomic E-state index is -0.591. The Morgan fingerprint density at radius 3 is 2.77 bits per heavy atom. The predicted molar refractivity (Wildman–Crippen MR) is 81.5 cm³/mol. The first-order valence-electron chi connectivity index (χ1n) is 7.24. The first-order valence-corrected chi connectivity index (χ1v) is 7.62. The van der Waals surface area contributed by atoms with Gasteiger partial charge in [-0.2, -0.15) is 0 Å². The van der Waals surface area contributed by atoms with Crippen LogP contribution in [0.2, 0.25) is 5.02 Å². The Kier molecular flexibility index (Phi) is 4.13. The molecule has 7 heteroatoms. The number of hydrogen-bond donors (Lipinski definition) is 1. The van der Waals surface area contributed by atoms with Gasteiger partial charge in [0.15, 0.2) is 5.69 Å². The first kappa shape index (κ1) is 15.0. The van der Waals surface area contributed by atoms with Crippen molar-refractivity contribution in [2.45, 2.75) is 32.0 Å². The number of rotatable bonds is 3. The zero-order valence-corrected chi connectivity index (χ0v) is 12.9. The summed E-state index contributed by atoms with van der Waals surface area (Å²) in [5.41, 5.74) is 1.17. The van der Waals surface area contributed by atoms with Crippen LogP contribution in [-0.4, -0.2) is 43.6 Å². The highest BCUT2D eigenvalue weighted by Crippen LogP contribution is 2.33. The van der Waals surface area contributed by atoms with Crippen LogP contribution in [0.5, 0.6) is 0 Å². The molecular weight excluding hydrogens is 304 g/mol. The molecule has 1 aromatic heterocycles. The van der Waals surface area contributed by atoms with Crippen molar-refractivity contribution < 1.29 is 9.90 Å². The lowest BCUT2D eigenvalue weighted by Crippen LogP contribution is -2.33. The number of aliphatic hydroxyl groups excluding tert-OH is 1. The van der Waals surface area contributed by atoms with Crippen LogP contribution in [-0.2, 0) is 6.54 Å². The van der Waals surface area contributed by atoms with Crippen LogP contribution in [0.1, 0.15) is 35.4 Å². The zero-order valence-electron chi connectivity index (χ0n) is 12.2. The molecule has 1 amide bonds. The third-order valence-corrected chi connectivity index (χ3v) is 4.17. The molecule has 2 heterocycles. The Hall–Kier alpha value is -1.92. The molecule has 1 fully saturated rings. The van der Waals surface area contributed by atoms with Crippen LogP contribution in [0.25, 0.3) is 0 Å². The van der Waals surface area contributed by atoms with Crippen LogP contribution in [0.15, 0.2) is 30.5 Å². The molecule has 1 N–H and O–H groups in total. The number of carbonyl (C=O) groups excluding carboxylic acids is 1. The molecule has 1 aliphatic heterocycles. The lowest BCUT2D eigenvalue weighted by Gasteiger charge is -2.26. The SMILES string of the molecule is CCn1cc(C(=O)N2CC[C@@H](O)[C@H]2c2ccc(Cl)cc2)nn1. The zero-order chi connectivity index (χ0) is 15.7. The summed E-state index contributed by atoms with van der Waals surface area (Å²) in [4.78, 5) is 14.3. The Morgan fingerprint density at radius 2 is 2.14 bits per heavy atom. The Morgan fingerprint density at radius 1 is 1.41 bits per heavy atom. The van der Waals surface area contributed by atoms with Crippen molar-refractivity contribution in [3.8, 4) is 0 Å². The fourth-order valence-corrected chi connectivity index (χ4v) is 2.89. The summed E-state index contributed by atoms with van der Waals surface area (Å²) in [5, 5.41) is 18.7. The second kappa shape index (κ2) is 6.06. The van der Waals surface area contributed by atoms with Gasteiger partial charge in [0.1, 0.15) is 0 Å². The number of aromatic nitrogens is 3. The summed E-state index contributed by atoms with van der Waals surface area (Å²) in [5.74, 6) is -0.212. The largest absolute Gasteiger partial charge is 0.391 e. The molecule has 1 saturated heterocycles. The van der Waals surface area contributed by atoms with Crippen LogP contribution in [0, 0.1) is 0 Å². The Labute approximate surface area is 133 Å². The summed E-state index contributed by atoms with van der Waals surface area (Å²) in [7, 11) is 0. The molecule has 0 unspecified atom stereocenters. The molecule has 2 atom stereocenters. The number of nitrogens with zero attached hydrogens (tertiary/aromatic N) is 4. The number of amides is 1. The summed E-state index contributed by atoms with van der Waals surface area (Å²) >= 11 is 5.90. The molecule has 0 spiro atoms. The molecular formula is C15H17ClN4O2. The molecule has 6 nitrogen and oxygen atoms in total. The lowest BCUT2D eigenvalue weighted by atomic mass is 10.0. The van der Waals surface area contributed by atoms with Crippen molar-refractivity contribution in [3.63, 3.8) is 0 Å². The monoisotopic (exact) mass is 320 g/mol. The highest BCUT2D eigenvalue weighted by Gasteiger charge is 2.38. The smallest absolute Gasteiger partial charge is 0.276 e. The normalized spacial score (nSPS) is 21.3. The van der Waals surface area contributed by atoms with Gasteiger partial charge in [-0.1, -0.05) is 28.9 Å². The predicted octanol–water partition coefficient (Wildman–Crippen LogP) is 1.90. The van der Waals surface area contributed by atoms with Crippen molar-refractivity contribution in [1.82, 2.24) is 19.9 Å². The maximum Gasteiger partial charge on any atom is 0.276 e. The fraction of sp³-hybridized carbons (Fsp3) is 0.400. The van der Waals surface area contributed by atoms with Crippen LogP contribution < -0.4 is 0 Å². The average Bonchev–Trinajstić information content (AvgIpc) is 3.14. The molecule has 22 heavy (non-hydrogen) atoms. The summed E-state index contributed by atoms with van der Waals surface area (Å²) in [6.07, 6.45) is 1.58. The molecule has 0 radical (unpaired) electrons. The van der Waals surface area contributed by atoms with E-state index in [1.165, 1.54) is 0 Å². The van der Waals surface area contributed by atoms with Gasteiger partial charge in [0.25, 0.3) is 5.91 Å². The molecule has 1 aromatic carbocycles. The van der Waals surface area contributed by atoms with E-state index in [-0.39, 0.29) is 11.9 Å². The third kappa shape index (κ3) is 2.71. The quantitative estimate of drug-likeness (QED) is 0.937. The van der Waals surface area contributed by atoms with Gasteiger partial charge in [-0.05, 0) is 31.0 Å². The van der Waals surface area contributed by atoms with E-state index in [2.05, 4.69) is 10.3 Å². The van der Waals surface area contributed by atoms with Crippen LogP contribution in [0.3, 0.4) is 0 Å².